The highest BCUT2D eigenvalue weighted by atomic mass is 16.5. The van der Waals surface area contributed by atoms with Crippen molar-refractivity contribution in [3.63, 3.8) is 0 Å². The van der Waals surface area contributed by atoms with Crippen LogP contribution in [0.1, 0.15) is 61.9 Å². The first kappa shape index (κ1) is 17.6. The van der Waals surface area contributed by atoms with Gasteiger partial charge in [-0.05, 0) is 18.4 Å². The van der Waals surface area contributed by atoms with E-state index in [9.17, 15) is 4.79 Å². The number of methoxy groups -OCH3 is 1. The van der Waals surface area contributed by atoms with Gasteiger partial charge >= 0.3 is 0 Å². The molecule has 0 bridgehead atoms. The van der Waals surface area contributed by atoms with Crippen molar-refractivity contribution >= 4 is 5.91 Å². The van der Waals surface area contributed by atoms with Gasteiger partial charge in [0, 0.05) is 32.0 Å². The monoisotopic (exact) mass is 343 g/mol. The maximum atomic E-state index is 13.0. The third-order valence-electron chi connectivity index (χ3n) is 4.61. The summed E-state index contributed by atoms with van der Waals surface area (Å²) in [6.45, 7) is 5.38. The van der Waals surface area contributed by atoms with E-state index in [1.165, 1.54) is 0 Å². The van der Waals surface area contributed by atoms with Crippen molar-refractivity contribution in [3.05, 3.63) is 47.6 Å². The Labute approximate surface area is 148 Å². The van der Waals surface area contributed by atoms with Crippen LogP contribution in [-0.4, -0.2) is 41.1 Å². The molecule has 1 saturated heterocycles. The van der Waals surface area contributed by atoms with Crippen LogP contribution in [0.25, 0.3) is 0 Å². The molecule has 2 atom stereocenters. The van der Waals surface area contributed by atoms with Crippen LogP contribution in [-0.2, 0) is 9.53 Å². The van der Waals surface area contributed by atoms with Gasteiger partial charge in [-0.2, -0.15) is 4.98 Å². The molecule has 6 nitrogen and oxygen atoms in total. The summed E-state index contributed by atoms with van der Waals surface area (Å²) in [5, 5.41) is 4.12. The SMILES string of the molecule is CO[C@H](C(=O)N1CCC[C@@H](c2noc(C(C)C)n2)C1)c1ccccc1. The van der Waals surface area contributed by atoms with Gasteiger partial charge in [0.2, 0.25) is 5.89 Å². The van der Waals surface area contributed by atoms with Gasteiger partial charge in [0.25, 0.3) is 5.91 Å². The van der Waals surface area contributed by atoms with Crippen LogP contribution < -0.4 is 0 Å². The number of likely N-dealkylation sites (tertiary alicyclic amines) is 1. The predicted octanol–water partition coefficient (Wildman–Crippen LogP) is 3.29. The van der Waals surface area contributed by atoms with Crippen molar-refractivity contribution in [1.29, 1.82) is 0 Å². The quantitative estimate of drug-likeness (QED) is 0.833. The summed E-state index contributed by atoms with van der Waals surface area (Å²) in [7, 11) is 1.57. The Hall–Kier alpha value is -2.21. The maximum Gasteiger partial charge on any atom is 0.256 e. The molecular formula is C19H25N3O3. The van der Waals surface area contributed by atoms with Gasteiger partial charge in [-0.15, -0.1) is 0 Å². The van der Waals surface area contributed by atoms with E-state index in [-0.39, 0.29) is 17.7 Å². The minimum absolute atomic E-state index is 0.00835. The fraction of sp³-hybridized carbons (Fsp3) is 0.526. The molecule has 1 aromatic carbocycles. The molecule has 3 rings (SSSR count). The Morgan fingerprint density at radius 3 is 2.72 bits per heavy atom. The van der Waals surface area contributed by atoms with Crippen LogP contribution in [0.4, 0.5) is 0 Å². The highest BCUT2D eigenvalue weighted by Gasteiger charge is 2.32. The van der Waals surface area contributed by atoms with Crippen LogP contribution in [0.5, 0.6) is 0 Å². The summed E-state index contributed by atoms with van der Waals surface area (Å²) in [6, 6.07) is 9.60. The average Bonchev–Trinajstić information content (AvgIpc) is 3.14. The van der Waals surface area contributed by atoms with E-state index in [0.717, 1.165) is 24.9 Å². The zero-order chi connectivity index (χ0) is 17.8. The molecule has 0 radical (unpaired) electrons. The minimum atomic E-state index is -0.573. The maximum absolute atomic E-state index is 13.0. The fourth-order valence-corrected chi connectivity index (χ4v) is 3.21. The number of hydrogen-bond donors (Lipinski definition) is 0. The summed E-state index contributed by atoms with van der Waals surface area (Å²) in [4.78, 5) is 19.3. The number of ether oxygens (including phenoxy) is 1. The zero-order valence-electron chi connectivity index (χ0n) is 15.0. The molecule has 1 aromatic heterocycles. The van der Waals surface area contributed by atoms with Gasteiger partial charge in [0.05, 0.1) is 0 Å². The first-order chi connectivity index (χ1) is 12.1. The van der Waals surface area contributed by atoms with Crippen molar-refractivity contribution in [2.75, 3.05) is 20.2 Å². The molecule has 0 unspecified atom stereocenters. The van der Waals surface area contributed by atoms with Crippen molar-refractivity contribution in [3.8, 4) is 0 Å². The molecule has 0 spiro atoms. The lowest BCUT2D eigenvalue weighted by Gasteiger charge is -2.33. The number of nitrogens with zero attached hydrogens (tertiary/aromatic N) is 3. The second kappa shape index (κ2) is 7.78. The smallest absolute Gasteiger partial charge is 0.256 e. The Bertz CT molecular complexity index is 699. The standard InChI is InChI=1S/C19H25N3O3/c1-13(2)18-20-17(21-25-18)15-10-7-11-22(12-15)19(23)16(24-3)14-8-5-4-6-9-14/h4-6,8-9,13,15-16H,7,10-12H2,1-3H3/t15-,16+/m1/s1. The third kappa shape index (κ3) is 3.90. The molecule has 0 aliphatic carbocycles. The third-order valence-corrected chi connectivity index (χ3v) is 4.61. The second-order valence-corrected chi connectivity index (χ2v) is 6.80. The molecular weight excluding hydrogens is 318 g/mol. The summed E-state index contributed by atoms with van der Waals surface area (Å²) < 4.78 is 10.8. The fourth-order valence-electron chi connectivity index (χ4n) is 3.21. The largest absolute Gasteiger partial charge is 0.367 e. The van der Waals surface area contributed by atoms with Gasteiger partial charge in [0.1, 0.15) is 0 Å². The first-order valence-corrected chi connectivity index (χ1v) is 8.80. The molecule has 2 aromatic rings. The lowest BCUT2D eigenvalue weighted by Crippen LogP contribution is -2.42. The Morgan fingerprint density at radius 2 is 2.08 bits per heavy atom. The number of piperidine rings is 1. The zero-order valence-corrected chi connectivity index (χ0v) is 15.0. The van der Waals surface area contributed by atoms with Crippen LogP contribution >= 0.6 is 0 Å². The molecule has 25 heavy (non-hydrogen) atoms. The normalized spacial score (nSPS) is 19.2. The summed E-state index contributed by atoms with van der Waals surface area (Å²) in [5.74, 6) is 1.67. The van der Waals surface area contributed by atoms with Crippen LogP contribution in [0.15, 0.2) is 34.9 Å². The lowest BCUT2D eigenvalue weighted by atomic mass is 9.96. The van der Waals surface area contributed by atoms with Gasteiger partial charge in [-0.25, -0.2) is 0 Å². The van der Waals surface area contributed by atoms with Gasteiger partial charge in [-0.1, -0.05) is 49.3 Å². The van der Waals surface area contributed by atoms with Gasteiger partial charge in [-0.3, -0.25) is 4.79 Å². The topological polar surface area (TPSA) is 68.5 Å². The number of aromatic nitrogens is 2. The summed E-state index contributed by atoms with van der Waals surface area (Å²) in [6.07, 6.45) is 1.31. The van der Waals surface area contributed by atoms with Crippen LogP contribution in [0, 0.1) is 0 Å². The van der Waals surface area contributed by atoms with E-state index in [4.69, 9.17) is 9.26 Å². The Balaban J connectivity index is 1.72. The van der Waals surface area contributed by atoms with Gasteiger partial charge in [0.15, 0.2) is 11.9 Å². The van der Waals surface area contributed by atoms with Gasteiger partial charge < -0.3 is 14.2 Å². The highest BCUT2D eigenvalue weighted by Crippen LogP contribution is 2.28. The number of benzene rings is 1. The predicted molar refractivity (Wildman–Crippen MR) is 93.1 cm³/mol. The molecule has 1 aliphatic heterocycles. The minimum Gasteiger partial charge on any atom is -0.367 e. The van der Waals surface area contributed by atoms with Crippen molar-refractivity contribution in [2.24, 2.45) is 0 Å². The van der Waals surface area contributed by atoms with E-state index in [2.05, 4.69) is 10.1 Å². The van der Waals surface area contributed by atoms with E-state index in [0.29, 0.717) is 18.3 Å². The first-order valence-electron chi connectivity index (χ1n) is 8.80. The molecule has 0 N–H and O–H groups in total. The summed E-state index contributed by atoms with van der Waals surface area (Å²) in [5.41, 5.74) is 0.874. The lowest BCUT2D eigenvalue weighted by molar-refractivity contribution is -0.143. The average molecular weight is 343 g/mol. The van der Waals surface area contributed by atoms with E-state index in [1.807, 2.05) is 49.1 Å². The number of carbonyl (C=O) groups is 1. The van der Waals surface area contributed by atoms with E-state index in [1.54, 1.807) is 7.11 Å². The number of amides is 1. The highest BCUT2D eigenvalue weighted by molar-refractivity contribution is 5.82. The van der Waals surface area contributed by atoms with Crippen LogP contribution in [0.2, 0.25) is 0 Å². The molecule has 1 amide bonds. The second-order valence-electron chi connectivity index (χ2n) is 6.80. The van der Waals surface area contributed by atoms with Crippen LogP contribution in [0.3, 0.4) is 0 Å². The number of hydrogen-bond acceptors (Lipinski definition) is 5. The van der Waals surface area contributed by atoms with Crippen molar-refractivity contribution in [2.45, 2.75) is 44.6 Å². The molecule has 1 fully saturated rings. The van der Waals surface area contributed by atoms with Crippen molar-refractivity contribution < 1.29 is 14.1 Å². The Kier molecular flexibility index (Phi) is 5.48. The van der Waals surface area contributed by atoms with E-state index >= 15 is 0 Å². The number of rotatable bonds is 5. The Morgan fingerprint density at radius 1 is 1.32 bits per heavy atom. The molecule has 0 saturated carbocycles. The number of carbonyl (C=O) groups excluding carboxylic acids is 1. The van der Waals surface area contributed by atoms with E-state index < -0.39 is 6.10 Å². The molecule has 134 valence electrons. The molecule has 1 aliphatic rings. The summed E-state index contributed by atoms with van der Waals surface area (Å²) >= 11 is 0. The molecule has 2 heterocycles. The molecule has 6 heteroatoms. The van der Waals surface area contributed by atoms with Crippen molar-refractivity contribution in [1.82, 2.24) is 15.0 Å².